The van der Waals surface area contributed by atoms with Gasteiger partial charge in [-0.3, -0.25) is 19.5 Å². The van der Waals surface area contributed by atoms with Gasteiger partial charge in [0.05, 0.1) is 21.8 Å². The van der Waals surface area contributed by atoms with Crippen molar-refractivity contribution in [1.29, 1.82) is 0 Å². The Kier molecular flexibility index (Phi) is 6.07. The summed E-state index contributed by atoms with van der Waals surface area (Å²) < 4.78 is 22.0. The van der Waals surface area contributed by atoms with Crippen LogP contribution >= 0.6 is 22.9 Å². The van der Waals surface area contributed by atoms with E-state index in [0.29, 0.717) is 23.4 Å². The van der Waals surface area contributed by atoms with Gasteiger partial charge in [0.25, 0.3) is 0 Å². The normalized spacial score (nSPS) is 19.0. The maximum Gasteiger partial charge on any atom is 0.230 e. The van der Waals surface area contributed by atoms with Gasteiger partial charge in [-0.25, -0.2) is 4.39 Å². The number of rotatable bonds is 5. The lowest BCUT2D eigenvalue weighted by Gasteiger charge is -2.26. The van der Waals surface area contributed by atoms with Crippen LogP contribution in [-0.2, 0) is 16.1 Å². The Bertz CT molecular complexity index is 1240. The molecule has 0 saturated carbocycles. The van der Waals surface area contributed by atoms with Crippen molar-refractivity contribution < 1.29 is 18.7 Å². The summed E-state index contributed by atoms with van der Waals surface area (Å²) in [6, 6.07) is 5.37. The molecule has 2 aromatic heterocycles. The number of nitrogens with one attached hydrogen (secondary N) is 1. The van der Waals surface area contributed by atoms with E-state index in [1.807, 2.05) is 12.1 Å². The van der Waals surface area contributed by atoms with Crippen molar-refractivity contribution >= 4 is 45.0 Å². The number of pyridine rings is 1. The van der Waals surface area contributed by atoms with Crippen molar-refractivity contribution in [3.05, 3.63) is 45.7 Å². The Morgan fingerprint density at radius 1 is 1.27 bits per heavy atom. The van der Waals surface area contributed by atoms with Crippen molar-refractivity contribution in [3.8, 4) is 16.9 Å². The molecule has 172 valence electrons. The molecule has 9 heteroatoms. The minimum Gasteiger partial charge on any atom is -0.488 e. The Hall–Kier alpha value is -2.55. The second kappa shape index (κ2) is 9.00. The average molecular weight is 488 g/mol. The van der Waals surface area contributed by atoms with Crippen LogP contribution in [0.15, 0.2) is 24.4 Å². The second-order valence-electron chi connectivity index (χ2n) is 8.42. The van der Waals surface area contributed by atoms with E-state index in [4.69, 9.17) is 16.3 Å². The fourth-order valence-electron chi connectivity index (χ4n) is 4.41. The van der Waals surface area contributed by atoms with Gasteiger partial charge in [0.15, 0.2) is 0 Å². The van der Waals surface area contributed by atoms with Crippen molar-refractivity contribution in [3.63, 3.8) is 0 Å². The third kappa shape index (κ3) is 4.23. The maximum absolute atomic E-state index is 14.8. The Morgan fingerprint density at radius 3 is 2.79 bits per heavy atom. The van der Waals surface area contributed by atoms with E-state index >= 15 is 0 Å². The second-order valence-corrected chi connectivity index (χ2v) is 9.96. The zero-order valence-corrected chi connectivity index (χ0v) is 19.7. The first-order valence-corrected chi connectivity index (χ1v) is 12.2. The van der Waals surface area contributed by atoms with Crippen molar-refractivity contribution in [2.45, 2.75) is 45.3 Å². The number of fused-ring (bicyclic) bond motifs is 1. The van der Waals surface area contributed by atoms with Gasteiger partial charge in [-0.05, 0) is 44.5 Å². The molecule has 33 heavy (non-hydrogen) atoms. The van der Waals surface area contributed by atoms with Gasteiger partial charge in [-0.15, -0.1) is 11.3 Å². The first-order chi connectivity index (χ1) is 15.9. The highest BCUT2D eigenvalue weighted by atomic mass is 35.5. The number of hydrogen-bond donors (Lipinski definition) is 1. The van der Waals surface area contributed by atoms with Crippen LogP contribution in [0.3, 0.4) is 0 Å². The van der Waals surface area contributed by atoms with Gasteiger partial charge < -0.3 is 10.1 Å². The predicted octanol–water partition coefficient (Wildman–Crippen LogP) is 4.84. The minimum absolute atomic E-state index is 0.0339. The lowest BCUT2D eigenvalue weighted by atomic mass is 10.0. The van der Waals surface area contributed by atoms with Gasteiger partial charge in [-0.2, -0.15) is 0 Å². The molecule has 1 N–H and O–H groups in total. The van der Waals surface area contributed by atoms with Gasteiger partial charge in [0.1, 0.15) is 17.7 Å². The van der Waals surface area contributed by atoms with Crippen LogP contribution in [0.5, 0.6) is 5.75 Å². The highest BCUT2D eigenvalue weighted by Crippen LogP contribution is 2.43. The van der Waals surface area contributed by atoms with E-state index in [-0.39, 0.29) is 42.3 Å². The number of amides is 2. The molecule has 0 radical (unpaired) electrons. The van der Waals surface area contributed by atoms with E-state index < -0.39 is 5.82 Å². The molecule has 4 heterocycles. The molecule has 6 nitrogen and oxygen atoms in total. The number of piperidine rings is 1. The van der Waals surface area contributed by atoms with Crippen molar-refractivity contribution in [2.75, 3.05) is 13.1 Å². The lowest BCUT2D eigenvalue weighted by molar-refractivity contribution is -0.138. The third-order valence-electron chi connectivity index (χ3n) is 6.15. The number of aromatic nitrogens is 1. The number of ether oxygens (including phenoxy) is 1. The van der Waals surface area contributed by atoms with E-state index in [2.05, 4.69) is 10.3 Å². The SMILES string of the molecule is Cc1c(F)c(Cl)cc(-c2ccnc3cc(CN4C(=O)CCC4=O)sc23)c1O[C@H]1CCCNC1. The highest BCUT2D eigenvalue weighted by Gasteiger charge is 2.29. The number of carbonyl (C=O) groups is 2. The Morgan fingerprint density at radius 2 is 2.06 bits per heavy atom. The molecule has 1 aromatic carbocycles. The van der Waals surface area contributed by atoms with Crippen molar-refractivity contribution in [2.24, 2.45) is 0 Å². The topological polar surface area (TPSA) is 71.5 Å². The van der Waals surface area contributed by atoms with Crippen LogP contribution in [0.1, 0.15) is 36.1 Å². The molecular formula is C24H23ClFN3O3S. The summed E-state index contributed by atoms with van der Waals surface area (Å²) >= 11 is 7.72. The number of hydrogen-bond acceptors (Lipinski definition) is 6. The number of carbonyl (C=O) groups excluding carboxylic acids is 2. The summed E-state index contributed by atoms with van der Waals surface area (Å²) in [6.45, 7) is 3.57. The zero-order chi connectivity index (χ0) is 23.1. The van der Waals surface area contributed by atoms with Gasteiger partial charge in [-0.1, -0.05) is 11.6 Å². The molecule has 2 aliphatic rings. The highest BCUT2D eigenvalue weighted by molar-refractivity contribution is 7.19. The molecule has 5 rings (SSSR count). The third-order valence-corrected chi connectivity index (χ3v) is 7.57. The first-order valence-electron chi connectivity index (χ1n) is 11.0. The molecular weight excluding hydrogens is 465 g/mol. The van der Waals surface area contributed by atoms with Crippen LogP contribution in [-0.4, -0.2) is 40.9 Å². The van der Waals surface area contributed by atoms with E-state index in [1.54, 1.807) is 19.2 Å². The molecule has 0 bridgehead atoms. The quantitative estimate of drug-likeness (QED) is 0.521. The smallest absolute Gasteiger partial charge is 0.230 e. The minimum atomic E-state index is -0.484. The molecule has 0 unspecified atom stereocenters. The number of thiophene rings is 1. The van der Waals surface area contributed by atoms with Crippen LogP contribution in [0.2, 0.25) is 5.02 Å². The fraction of sp³-hybridized carbons (Fsp3) is 0.375. The van der Waals surface area contributed by atoms with Crippen LogP contribution < -0.4 is 10.1 Å². The molecule has 1 atom stereocenters. The van der Waals surface area contributed by atoms with E-state index in [0.717, 1.165) is 40.0 Å². The monoisotopic (exact) mass is 487 g/mol. The summed E-state index contributed by atoms with van der Waals surface area (Å²) in [5, 5.41) is 3.36. The molecule has 3 aromatic rings. The summed E-state index contributed by atoms with van der Waals surface area (Å²) in [5.74, 6) is -0.299. The van der Waals surface area contributed by atoms with Crippen LogP contribution in [0.4, 0.5) is 4.39 Å². The van der Waals surface area contributed by atoms with E-state index in [1.165, 1.54) is 16.2 Å². The average Bonchev–Trinajstić information content (AvgIpc) is 3.38. The van der Waals surface area contributed by atoms with E-state index in [9.17, 15) is 14.0 Å². The molecule has 0 spiro atoms. The summed E-state index contributed by atoms with van der Waals surface area (Å²) in [6.07, 6.45) is 4.05. The van der Waals surface area contributed by atoms with Crippen LogP contribution in [0.25, 0.3) is 21.3 Å². The number of halogens is 2. The predicted molar refractivity (Wildman–Crippen MR) is 126 cm³/mol. The van der Waals surface area contributed by atoms with Gasteiger partial charge in [0, 0.05) is 47.2 Å². The number of nitrogens with zero attached hydrogens (tertiary/aromatic N) is 2. The number of benzene rings is 1. The zero-order valence-electron chi connectivity index (χ0n) is 18.1. The number of likely N-dealkylation sites (tertiary alicyclic amines) is 1. The molecule has 0 aliphatic carbocycles. The maximum atomic E-state index is 14.8. The molecule has 2 aliphatic heterocycles. The van der Waals surface area contributed by atoms with Gasteiger partial charge in [0.2, 0.25) is 11.8 Å². The standard InChI is InChI=1S/C24H23ClFN3O3S/c1-13-22(26)18(25)10-17(23(13)32-14-3-2-7-27-11-14)16-6-8-28-19-9-15(33-24(16)19)12-29-20(30)4-5-21(29)31/h6,8-10,14,27H,2-5,7,11-12H2,1H3/t14-/m0/s1. The lowest BCUT2D eigenvalue weighted by Crippen LogP contribution is -2.37. The van der Waals surface area contributed by atoms with Gasteiger partial charge >= 0.3 is 0 Å². The summed E-state index contributed by atoms with van der Waals surface area (Å²) in [4.78, 5) is 30.7. The number of imide groups is 1. The molecule has 2 fully saturated rings. The Balaban J connectivity index is 1.57. The fourth-order valence-corrected chi connectivity index (χ4v) is 5.79. The Labute approximate surface area is 199 Å². The largest absolute Gasteiger partial charge is 0.488 e. The molecule has 2 amide bonds. The summed E-state index contributed by atoms with van der Waals surface area (Å²) in [7, 11) is 0. The van der Waals surface area contributed by atoms with Crippen molar-refractivity contribution in [1.82, 2.24) is 15.2 Å². The molecule has 2 saturated heterocycles. The summed E-state index contributed by atoms with van der Waals surface area (Å²) in [5.41, 5.74) is 2.66. The first kappa shape index (κ1) is 22.3. The van der Waals surface area contributed by atoms with Crippen LogP contribution in [0, 0.1) is 12.7 Å².